The van der Waals surface area contributed by atoms with Gasteiger partial charge < -0.3 is 5.73 Å². The summed E-state index contributed by atoms with van der Waals surface area (Å²) in [7, 11) is 0. The maximum Gasteiger partial charge on any atom is 0.0307 e. The zero-order chi connectivity index (χ0) is 14.6. The summed E-state index contributed by atoms with van der Waals surface area (Å²) in [6.45, 7) is 15.3. The Labute approximate surface area is 119 Å². The molecule has 1 atom stereocenters. The van der Waals surface area contributed by atoms with Crippen molar-refractivity contribution >= 4 is 0 Å². The first-order valence-electron chi connectivity index (χ1n) is 7.39. The Morgan fingerprint density at radius 3 is 1.95 bits per heavy atom. The highest BCUT2D eigenvalue weighted by atomic mass is 15.2. The van der Waals surface area contributed by atoms with Crippen molar-refractivity contribution in [3.8, 4) is 0 Å². The summed E-state index contributed by atoms with van der Waals surface area (Å²) < 4.78 is 0. The molecule has 0 aliphatic rings. The monoisotopic (exact) mass is 262 g/mol. The third-order valence-corrected chi connectivity index (χ3v) is 4.22. The second-order valence-electron chi connectivity index (χ2n) is 6.13. The highest BCUT2D eigenvalue weighted by molar-refractivity contribution is 5.29. The minimum absolute atomic E-state index is 0.0289. The molecule has 0 bridgehead atoms. The Hall–Kier alpha value is -0.860. The van der Waals surface area contributed by atoms with Crippen molar-refractivity contribution in [1.29, 1.82) is 0 Å². The van der Waals surface area contributed by atoms with Gasteiger partial charge in [0.25, 0.3) is 0 Å². The Kier molecular flexibility index (Phi) is 5.57. The van der Waals surface area contributed by atoms with Gasteiger partial charge in [-0.05, 0) is 52.8 Å². The van der Waals surface area contributed by atoms with Crippen LogP contribution in [0.4, 0.5) is 0 Å². The van der Waals surface area contributed by atoms with E-state index in [1.807, 2.05) is 0 Å². The van der Waals surface area contributed by atoms with Gasteiger partial charge in [-0.3, -0.25) is 4.90 Å². The number of aryl methyl sites for hydroxylation is 2. The molecule has 1 aromatic carbocycles. The molecule has 1 aromatic rings. The highest BCUT2D eigenvalue weighted by Crippen LogP contribution is 2.21. The van der Waals surface area contributed by atoms with Crippen LogP contribution in [0.1, 0.15) is 44.4 Å². The Morgan fingerprint density at radius 2 is 1.53 bits per heavy atom. The van der Waals surface area contributed by atoms with Gasteiger partial charge in [0, 0.05) is 11.6 Å². The average molecular weight is 262 g/mol. The molecule has 0 spiro atoms. The Balaban J connectivity index is 2.86. The van der Waals surface area contributed by atoms with E-state index in [4.69, 9.17) is 5.73 Å². The van der Waals surface area contributed by atoms with E-state index in [-0.39, 0.29) is 11.6 Å². The first-order valence-corrected chi connectivity index (χ1v) is 7.39. The van der Waals surface area contributed by atoms with Crippen LogP contribution < -0.4 is 5.73 Å². The maximum absolute atomic E-state index is 6.49. The second kappa shape index (κ2) is 6.53. The molecule has 2 N–H and O–H groups in total. The lowest BCUT2D eigenvalue weighted by Crippen LogP contribution is -2.56. The van der Waals surface area contributed by atoms with Gasteiger partial charge in [0.2, 0.25) is 0 Å². The van der Waals surface area contributed by atoms with Crippen molar-refractivity contribution in [3.63, 3.8) is 0 Å². The van der Waals surface area contributed by atoms with Gasteiger partial charge in [0.15, 0.2) is 0 Å². The zero-order valence-corrected chi connectivity index (χ0v) is 13.5. The van der Waals surface area contributed by atoms with E-state index in [1.54, 1.807) is 0 Å². The number of hydrogen-bond donors (Lipinski definition) is 1. The third kappa shape index (κ3) is 4.05. The number of benzene rings is 1. The van der Waals surface area contributed by atoms with Gasteiger partial charge >= 0.3 is 0 Å². The molecule has 0 aliphatic heterocycles. The van der Waals surface area contributed by atoms with Crippen molar-refractivity contribution in [2.45, 2.75) is 59.5 Å². The van der Waals surface area contributed by atoms with Crippen LogP contribution in [0.3, 0.4) is 0 Å². The molecule has 0 radical (unpaired) electrons. The number of nitrogens with zero attached hydrogens (tertiary/aromatic N) is 1. The summed E-state index contributed by atoms with van der Waals surface area (Å²) in [6.07, 6.45) is 0.937. The molecule has 1 unspecified atom stereocenters. The Bertz CT molecular complexity index is 385. The van der Waals surface area contributed by atoms with E-state index in [0.29, 0.717) is 0 Å². The van der Waals surface area contributed by atoms with Gasteiger partial charge in [-0.1, -0.05) is 43.2 Å². The summed E-state index contributed by atoms with van der Waals surface area (Å²) in [4.78, 5) is 2.44. The second-order valence-corrected chi connectivity index (χ2v) is 6.13. The normalized spacial score (nSPS) is 13.9. The number of nitrogens with two attached hydrogens (primary N) is 1. The molecule has 0 amide bonds. The molecular weight excluding hydrogens is 232 g/mol. The molecule has 108 valence electrons. The van der Waals surface area contributed by atoms with Crippen LogP contribution in [-0.4, -0.2) is 29.6 Å². The van der Waals surface area contributed by atoms with E-state index in [9.17, 15) is 0 Å². The van der Waals surface area contributed by atoms with Gasteiger partial charge in [-0.25, -0.2) is 0 Å². The number of hydrogen-bond acceptors (Lipinski definition) is 2. The van der Waals surface area contributed by atoms with Crippen molar-refractivity contribution in [2.75, 3.05) is 13.1 Å². The summed E-state index contributed by atoms with van der Waals surface area (Å²) in [6, 6.07) is 6.87. The van der Waals surface area contributed by atoms with Gasteiger partial charge in [0.05, 0.1) is 0 Å². The third-order valence-electron chi connectivity index (χ3n) is 4.22. The van der Waals surface area contributed by atoms with Crippen LogP contribution in [0.15, 0.2) is 18.2 Å². The van der Waals surface area contributed by atoms with E-state index in [2.05, 4.69) is 64.6 Å². The topological polar surface area (TPSA) is 29.3 Å². The Morgan fingerprint density at radius 1 is 1.05 bits per heavy atom. The molecule has 0 saturated carbocycles. The van der Waals surface area contributed by atoms with Crippen molar-refractivity contribution in [1.82, 2.24) is 4.90 Å². The van der Waals surface area contributed by atoms with E-state index < -0.39 is 0 Å². The summed E-state index contributed by atoms with van der Waals surface area (Å²) in [5, 5.41) is 0. The van der Waals surface area contributed by atoms with Crippen molar-refractivity contribution in [2.24, 2.45) is 5.73 Å². The minimum atomic E-state index is 0.0289. The smallest absolute Gasteiger partial charge is 0.0307 e. The maximum atomic E-state index is 6.49. The first-order chi connectivity index (χ1) is 8.81. The predicted molar refractivity (Wildman–Crippen MR) is 84.6 cm³/mol. The van der Waals surface area contributed by atoms with Crippen molar-refractivity contribution < 1.29 is 0 Å². The molecule has 0 heterocycles. The van der Waals surface area contributed by atoms with Crippen LogP contribution in [0.5, 0.6) is 0 Å². The average Bonchev–Trinajstić information content (AvgIpc) is 2.28. The van der Waals surface area contributed by atoms with E-state index in [1.165, 1.54) is 16.7 Å². The van der Waals surface area contributed by atoms with Crippen LogP contribution in [0.2, 0.25) is 0 Å². The zero-order valence-electron chi connectivity index (χ0n) is 13.5. The molecular formula is C17H30N2. The molecule has 0 aromatic heterocycles. The van der Waals surface area contributed by atoms with Crippen LogP contribution in [0.25, 0.3) is 0 Å². The van der Waals surface area contributed by atoms with Gasteiger partial charge in [-0.15, -0.1) is 0 Å². The first kappa shape index (κ1) is 16.2. The summed E-state index contributed by atoms with van der Waals surface area (Å²) >= 11 is 0. The fourth-order valence-corrected chi connectivity index (χ4v) is 2.96. The predicted octanol–water partition coefficient (Wildman–Crippen LogP) is 3.29. The molecule has 1 rings (SSSR count). The minimum Gasteiger partial charge on any atom is -0.326 e. The number of likely N-dealkylation sites (N-methyl/N-ethyl adjacent to an activating group) is 1. The SMILES string of the molecule is CCN(CC)C(C)(C)C(N)Cc1cc(C)cc(C)c1. The van der Waals surface area contributed by atoms with Crippen LogP contribution in [-0.2, 0) is 6.42 Å². The summed E-state index contributed by atoms with van der Waals surface area (Å²) in [5.41, 5.74) is 10.5. The summed E-state index contributed by atoms with van der Waals surface area (Å²) in [5.74, 6) is 0. The lowest BCUT2D eigenvalue weighted by atomic mass is 9.87. The highest BCUT2D eigenvalue weighted by Gasteiger charge is 2.31. The van der Waals surface area contributed by atoms with Gasteiger partial charge in [0.1, 0.15) is 0 Å². The number of rotatable bonds is 6. The van der Waals surface area contributed by atoms with Crippen LogP contribution in [0, 0.1) is 13.8 Å². The molecule has 0 saturated heterocycles. The van der Waals surface area contributed by atoms with Crippen molar-refractivity contribution in [3.05, 3.63) is 34.9 Å². The van der Waals surface area contributed by atoms with E-state index >= 15 is 0 Å². The quantitative estimate of drug-likeness (QED) is 0.852. The largest absolute Gasteiger partial charge is 0.326 e. The molecule has 2 heteroatoms. The molecule has 0 aliphatic carbocycles. The lowest BCUT2D eigenvalue weighted by Gasteiger charge is -2.42. The molecule has 2 nitrogen and oxygen atoms in total. The standard InChI is InChI=1S/C17H30N2/c1-7-19(8-2)17(5,6)16(18)12-15-10-13(3)9-14(4)11-15/h9-11,16H,7-8,12,18H2,1-6H3. The molecule has 0 fully saturated rings. The fourth-order valence-electron chi connectivity index (χ4n) is 2.96. The van der Waals surface area contributed by atoms with Gasteiger partial charge in [-0.2, -0.15) is 0 Å². The molecule has 19 heavy (non-hydrogen) atoms. The fraction of sp³-hybridized carbons (Fsp3) is 0.647. The lowest BCUT2D eigenvalue weighted by molar-refractivity contribution is 0.106. The van der Waals surface area contributed by atoms with E-state index in [0.717, 1.165) is 19.5 Å². The van der Waals surface area contributed by atoms with Crippen LogP contribution >= 0.6 is 0 Å².